The van der Waals surface area contributed by atoms with Crippen LogP contribution in [0.3, 0.4) is 0 Å². The van der Waals surface area contributed by atoms with Crippen molar-refractivity contribution in [1.82, 2.24) is 4.98 Å². The van der Waals surface area contributed by atoms with Crippen molar-refractivity contribution in [3.8, 4) is 0 Å². The van der Waals surface area contributed by atoms with Gasteiger partial charge in [0.2, 0.25) is 0 Å². The molecule has 0 radical (unpaired) electrons. The average Bonchev–Trinajstić information content (AvgIpc) is 3.19. The maximum Gasteiger partial charge on any atom is 0.0915 e. The zero-order valence-electron chi connectivity index (χ0n) is 22.4. The summed E-state index contributed by atoms with van der Waals surface area (Å²) in [5.41, 5.74) is 4.62. The van der Waals surface area contributed by atoms with Gasteiger partial charge in [0, 0.05) is 38.4 Å². The molecule has 3 aliphatic carbocycles. The van der Waals surface area contributed by atoms with Crippen LogP contribution in [0.1, 0.15) is 82.6 Å². The van der Waals surface area contributed by atoms with Gasteiger partial charge in [0.05, 0.1) is 24.9 Å². The lowest BCUT2D eigenvalue weighted by Gasteiger charge is -2.41. The van der Waals surface area contributed by atoms with Crippen molar-refractivity contribution in [2.75, 3.05) is 27.4 Å². The van der Waals surface area contributed by atoms with E-state index >= 15 is 0 Å². The molecule has 0 saturated heterocycles. The Kier molecular flexibility index (Phi) is 7.95. The van der Waals surface area contributed by atoms with E-state index in [1.54, 1.807) is 7.11 Å². The van der Waals surface area contributed by atoms with Crippen LogP contribution in [-0.2, 0) is 14.2 Å². The predicted octanol–water partition coefficient (Wildman–Crippen LogP) is 7.54. The minimum Gasteiger partial charge on any atom is -0.382 e. The van der Waals surface area contributed by atoms with Gasteiger partial charge in [-0.2, -0.15) is 0 Å². The first-order valence-electron chi connectivity index (χ1n) is 13.9. The highest BCUT2D eigenvalue weighted by atomic mass is 16.5. The molecule has 0 aliphatic heterocycles. The van der Waals surface area contributed by atoms with Gasteiger partial charge in [-0.3, -0.25) is 4.98 Å². The van der Waals surface area contributed by atoms with Crippen LogP contribution >= 0.6 is 0 Å². The van der Waals surface area contributed by atoms with Crippen molar-refractivity contribution in [2.24, 2.45) is 5.41 Å². The molecule has 2 fully saturated rings. The number of methoxy groups -OCH3 is 2. The van der Waals surface area contributed by atoms with E-state index in [0.717, 1.165) is 38.5 Å². The quantitative estimate of drug-likeness (QED) is 0.359. The summed E-state index contributed by atoms with van der Waals surface area (Å²) in [4.78, 5) is 4.35. The van der Waals surface area contributed by atoms with Crippen LogP contribution in [0, 0.1) is 5.41 Å². The molecule has 1 heterocycles. The second kappa shape index (κ2) is 11.2. The fourth-order valence-electron chi connectivity index (χ4n) is 7.13. The fraction of sp³-hybridized carbons (Fsp3) is 0.594. The molecule has 1 aromatic heterocycles. The number of nitrogens with zero attached hydrogens (tertiary/aromatic N) is 1. The standard InChI is InChI=1S/C32H43NO3/c1-31(14-5-7-30(31)26-9-8-25-13-17-33-23-27(25)21-26)16-12-24-6-4-15-32(35-3)22-29(36-19-18-34-2)11-10-28(32)20-24/h8-9,12-13,17,20-21,23,29-30H,4-7,10-11,14-16,18-19,22H2,1-3H3. The molecule has 4 heteroatoms. The second-order valence-corrected chi connectivity index (χ2v) is 11.5. The van der Waals surface area contributed by atoms with Crippen LogP contribution in [0.15, 0.2) is 60.0 Å². The van der Waals surface area contributed by atoms with Crippen molar-refractivity contribution in [2.45, 2.75) is 88.8 Å². The number of pyridine rings is 1. The lowest BCUT2D eigenvalue weighted by Crippen LogP contribution is -2.42. The summed E-state index contributed by atoms with van der Waals surface area (Å²) in [6.45, 7) is 3.83. The topological polar surface area (TPSA) is 40.6 Å². The monoisotopic (exact) mass is 489 g/mol. The summed E-state index contributed by atoms with van der Waals surface area (Å²) in [5.74, 6) is 0.607. The molecule has 0 bridgehead atoms. The van der Waals surface area contributed by atoms with Crippen LogP contribution in [0.5, 0.6) is 0 Å². The summed E-state index contributed by atoms with van der Waals surface area (Å²) in [6, 6.07) is 9.13. The maximum atomic E-state index is 6.24. The molecule has 4 atom stereocenters. The van der Waals surface area contributed by atoms with Crippen molar-refractivity contribution in [3.63, 3.8) is 0 Å². The van der Waals surface area contributed by atoms with Gasteiger partial charge in [-0.05, 0) is 91.4 Å². The summed E-state index contributed by atoms with van der Waals surface area (Å²) in [7, 11) is 3.62. The highest BCUT2D eigenvalue weighted by molar-refractivity contribution is 5.82. The second-order valence-electron chi connectivity index (χ2n) is 11.5. The van der Waals surface area contributed by atoms with Gasteiger partial charge in [-0.25, -0.2) is 0 Å². The summed E-state index contributed by atoms with van der Waals surface area (Å²) in [6.07, 6.45) is 20.7. The molecule has 4 unspecified atom stereocenters. The van der Waals surface area contributed by atoms with E-state index in [0.29, 0.717) is 24.5 Å². The van der Waals surface area contributed by atoms with Crippen LogP contribution in [0.2, 0.25) is 0 Å². The first-order valence-corrected chi connectivity index (χ1v) is 13.9. The van der Waals surface area contributed by atoms with Crippen LogP contribution in [-0.4, -0.2) is 44.1 Å². The minimum atomic E-state index is -0.162. The van der Waals surface area contributed by atoms with E-state index in [2.05, 4.69) is 48.3 Å². The van der Waals surface area contributed by atoms with Gasteiger partial charge in [0.15, 0.2) is 0 Å². The lowest BCUT2D eigenvalue weighted by molar-refractivity contribution is -0.0742. The molecule has 2 saturated carbocycles. The summed E-state index contributed by atoms with van der Waals surface area (Å²) >= 11 is 0. The Hall–Kier alpha value is -2.01. The first-order chi connectivity index (χ1) is 17.5. The third-order valence-corrected chi connectivity index (χ3v) is 9.30. The molecule has 0 spiro atoms. The number of ether oxygens (including phenoxy) is 3. The summed E-state index contributed by atoms with van der Waals surface area (Å²) in [5, 5.41) is 2.54. The molecule has 5 rings (SSSR count). The van der Waals surface area contributed by atoms with Gasteiger partial charge in [0.1, 0.15) is 0 Å². The molecular formula is C32H43NO3. The number of fused-ring (bicyclic) bond motifs is 2. The van der Waals surface area contributed by atoms with Crippen molar-refractivity contribution >= 4 is 10.8 Å². The Morgan fingerprint density at radius 2 is 1.94 bits per heavy atom. The molecule has 194 valence electrons. The van der Waals surface area contributed by atoms with Crippen molar-refractivity contribution < 1.29 is 14.2 Å². The SMILES string of the molecule is COCCOC1CCC2=CC(=CCC3(C)CCCC3c3ccc4ccncc4c3)CCCC2(OC)C1. The number of hydrogen-bond donors (Lipinski definition) is 0. The molecule has 0 amide bonds. The Bertz CT molecular complexity index is 1110. The van der Waals surface area contributed by atoms with Crippen LogP contribution in [0.4, 0.5) is 0 Å². The Labute approximate surface area is 217 Å². The predicted molar refractivity (Wildman–Crippen MR) is 146 cm³/mol. The minimum absolute atomic E-state index is 0.162. The summed E-state index contributed by atoms with van der Waals surface area (Å²) < 4.78 is 17.5. The van der Waals surface area contributed by atoms with Gasteiger partial charge in [0.25, 0.3) is 0 Å². The normalized spacial score (nSPS) is 31.9. The Morgan fingerprint density at radius 1 is 1.03 bits per heavy atom. The number of rotatable bonds is 8. The fourth-order valence-corrected chi connectivity index (χ4v) is 7.13. The molecule has 36 heavy (non-hydrogen) atoms. The lowest BCUT2D eigenvalue weighted by atomic mass is 9.73. The number of hydrogen-bond acceptors (Lipinski definition) is 4. The maximum absolute atomic E-state index is 6.24. The zero-order chi connectivity index (χ0) is 25.0. The largest absolute Gasteiger partial charge is 0.382 e. The number of aromatic nitrogens is 1. The van der Waals surface area contributed by atoms with Gasteiger partial charge in [-0.15, -0.1) is 0 Å². The van der Waals surface area contributed by atoms with E-state index in [1.165, 1.54) is 53.2 Å². The van der Waals surface area contributed by atoms with Crippen LogP contribution < -0.4 is 0 Å². The number of allylic oxidation sites excluding steroid dienone is 3. The molecule has 4 nitrogen and oxygen atoms in total. The molecule has 0 N–H and O–H groups in total. The van der Waals surface area contributed by atoms with E-state index < -0.39 is 0 Å². The Morgan fingerprint density at radius 3 is 2.81 bits per heavy atom. The van der Waals surface area contributed by atoms with Gasteiger partial charge < -0.3 is 14.2 Å². The van der Waals surface area contributed by atoms with E-state index in [4.69, 9.17) is 14.2 Å². The highest BCUT2D eigenvalue weighted by Crippen LogP contribution is 2.52. The molecule has 3 aliphatic rings. The molecule has 1 aromatic carbocycles. The molecular weight excluding hydrogens is 446 g/mol. The van der Waals surface area contributed by atoms with Crippen molar-refractivity contribution in [1.29, 1.82) is 0 Å². The highest BCUT2D eigenvalue weighted by Gasteiger charge is 2.42. The van der Waals surface area contributed by atoms with Crippen molar-refractivity contribution in [3.05, 3.63) is 65.5 Å². The van der Waals surface area contributed by atoms with Gasteiger partial charge in [-0.1, -0.05) is 43.2 Å². The van der Waals surface area contributed by atoms with Crippen LogP contribution in [0.25, 0.3) is 10.8 Å². The van der Waals surface area contributed by atoms with Gasteiger partial charge >= 0.3 is 0 Å². The third kappa shape index (κ3) is 5.32. The average molecular weight is 490 g/mol. The number of benzene rings is 1. The van der Waals surface area contributed by atoms with E-state index in [9.17, 15) is 0 Å². The first kappa shape index (κ1) is 25.6. The zero-order valence-corrected chi connectivity index (χ0v) is 22.4. The smallest absolute Gasteiger partial charge is 0.0915 e. The van der Waals surface area contributed by atoms with E-state index in [-0.39, 0.29) is 11.7 Å². The third-order valence-electron chi connectivity index (χ3n) is 9.30. The van der Waals surface area contributed by atoms with E-state index in [1.807, 2.05) is 19.5 Å². The Balaban J connectivity index is 1.32. The molecule has 2 aromatic rings.